The minimum absolute atomic E-state index is 0.0410. The van der Waals surface area contributed by atoms with Crippen molar-refractivity contribution in [3.05, 3.63) is 35.6 Å². The number of benzene rings is 1. The minimum Gasteiger partial charge on any atom is -0.314 e. The molecule has 0 heterocycles. The first kappa shape index (κ1) is 16.5. The first-order valence-electron chi connectivity index (χ1n) is 8.63. The second kappa shape index (κ2) is 8.53. The molecule has 1 aromatic carbocycles. The molecule has 2 heteroatoms. The zero-order chi connectivity index (χ0) is 15.1. The molecule has 118 valence electrons. The predicted molar refractivity (Wildman–Crippen MR) is 87.9 cm³/mol. The first-order valence-corrected chi connectivity index (χ1v) is 8.63. The largest absolute Gasteiger partial charge is 0.314 e. The molecule has 0 amide bonds. The van der Waals surface area contributed by atoms with E-state index in [1.54, 1.807) is 12.1 Å². The lowest BCUT2D eigenvalue weighted by atomic mass is 9.82. The SMILES string of the molecule is CC(C)NCC(Cc1ccccc1F)C1CCCCCC1. The van der Waals surface area contributed by atoms with Gasteiger partial charge < -0.3 is 5.32 Å². The summed E-state index contributed by atoms with van der Waals surface area (Å²) in [5.74, 6) is 1.27. The highest BCUT2D eigenvalue weighted by Crippen LogP contribution is 2.31. The first-order chi connectivity index (χ1) is 10.2. The van der Waals surface area contributed by atoms with Gasteiger partial charge in [0.25, 0.3) is 0 Å². The summed E-state index contributed by atoms with van der Waals surface area (Å²) in [5.41, 5.74) is 0.886. The number of hydrogen-bond acceptors (Lipinski definition) is 1. The lowest BCUT2D eigenvalue weighted by Gasteiger charge is -2.28. The number of halogens is 1. The zero-order valence-electron chi connectivity index (χ0n) is 13.6. The molecule has 1 aliphatic rings. The van der Waals surface area contributed by atoms with Crippen LogP contribution in [0.1, 0.15) is 57.9 Å². The standard InChI is InChI=1S/C19H30FN/c1-15(2)21-14-18(16-9-5-3-4-6-10-16)13-17-11-7-8-12-19(17)20/h7-8,11-12,15-16,18,21H,3-6,9-10,13-14H2,1-2H3. The average Bonchev–Trinajstić information content (AvgIpc) is 2.74. The summed E-state index contributed by atoms with van der Waals surface area (Å²) >= 11 is 0. The summed E-state index contributed by atoms with van der Waals surface area (Å²) in [6, 6.07) is 7.78. The molecule has 1 aliphatic carbocycles. The third-order valence-corrected chi connectivity index (χ3v) is 4.79. The second-order valence-corrected chi connectivity index (χ2v) is 6.87. The van der Waals surface area contributed by atoms with E-state index in [1.807, 2.05) is 12.1 Å². The van der Waals surface area contributed by atoms with E-state index in [1.165, 1.54) is 38.5 Å². The fourth-order valence-electron chi connectivity index (χ4n) is 3.52. The normalized spacial score (nSPS) is 18.7. The lowest BCUT2D eigenvalue weighted by Crippen LogP contribution is -2.34. The fraction of sp³-hybridized carbons (Fsp3) is 0.684. The summed E-state index contributed by atoms with van der Waals surface area (Å²) < 4.78 is 14.0. The number of rotatable bonds is 6. The maximum absolute atomic E-state index is 14.0. The van der Waals surface area contributed by atoms with Crippen molar-refractivity contribution < 1.29 is 4.39 Å². The van der Waals surface area contributed by atoms with Crippen molar-refractivity contribution in [3.8, 4) is 0 Å². The van der Waals surface area contributed by atoms with E-state index in [2.05, 4.69) is 19.2 Å². The van der Waals surface area contributed by atoms with Gasteiger partial charge in [0.15, 0.2) is 0 Å². The van der Waals surface area contributed by atoms with Gasteiger partial charge in [-0.15, -0.1) is 0 Å². The van der Waals surface area contributed by atoms with Gasteiger partial charge in [-0.2, -0.15) is 0 Å². The van der Waals surface area contributed by atoms with Crippen LogP contribution in [0.5, 0.6) is 0 Å². The molecule has 0 bridgehead atoms. The molecule has 2 rings (SSSR count). The molecule has 1 saturated carbocycles. The summed E-state index contributed by atoms with van der Waals surface area (Å²) in [6.45, 7) is 5.39. The third-order valence-electron chi connectivity index (χ3n) is 4.79. The van der Waals surface area contributed by atoms with E-state index in [-0.39, 0.29) is 5.82 Å². The molecule has 1 fully saturated rings. The van der Waals surface area contributed by atoms with E-state index < -0.39 is 0 Å². The van der Waals surface area contributed by atoms with E-state index in [0.717, 1.165) is 24.4 Å². The van der Waals surface area contributed by atoms with E-state index >= 15 is 0 Å². The third kappa shape index (κ3) is 5.43. The summed E-state index contributed by atoms with van der Waals surface area (Å²) in [4.78, 5) is 0. The quantitative estimate of drug-likeness (QED) is 0.731. The molecule has 21 heavy (non-hydrogen) atoms. The van der Waals surface area contributed by atoms with Crippen molar-refractivity contribution in [3.63, 3.8) is 0 Å². The Labute approximate surface area is 129 Å². The maximum atomic E-state index is 14.0. The highest BCUT2D eigenvalue weighted by Gasteiger charge is 2.24. The number of nitrogens with one attached hydrogen (secondary N) is 1. The van der Waals surface area contributed by atoms with E-state index in [0.29, 0.717) is 12.0 Å². The van der Waals surface area contributed by atoms with Crippen LogP contribution in [0.4, 0.5) is 4.39 Å². The van der Waals surface area contributed by atoms with Crippen molar-refractivity contribution in [2.24, 2.45) is 11.8 Å². The summed E-state index contributed by atoms with van der Waals surface area (Å²) in [6.07, 6.45) is 8.95. The highest BCUT2D eigenvalue weighted by atomic mass is 19.1. The van der Waals surface area contributed by atoms with Crippen molar-refractivity contribution in [1.29, 1.82) is 0 Å². The smallest absolute Gasteiger partial charge is 0.126 e. The monoisotopic (exact) mass is 291 g/mol. The Kier molecular flexibility index (Phi) is 6.69. The van der Waals surface area contributed by atoms with E-state index in [4.69, 9.17) is 0 Å². The lowest BCUT2D eigenvalue weighted by molar-refractivity contribution is 0.276. The van der Waals surface area contributed by atoms with Crippen LogP contribution in [0.15, 0.2) is 24.3 Å². The molecule has 0 aliphatic heterocycles. The van der Waals surface area contributed by atoms with Gasteiger partial charge in [-0.3, -0.25) is 0 Å². The molecule has 0 spiro atoms. The van der Waals surface area contributed by atoms with Crippen LogP contribution in [0.25, 0.3) is 0 Å². The zero-order valence-corrected chi connectivity index (χ0v) is 13.6. The molecular weight excluding hydrogens is 261 g/mol. The van der Waals surface area contributed by atoms with Gasteiger partial charge in [0.1, 0.15) is 5.82 Å². The van der Waals surface area contributed by atoms with E-state index in [9.17, 15) is 4.39 Å². The number of hydrogen-bond donors (Lipinski definition) is 1. The summed E-state index contributed by atoms with van der Waals surface area (Å²) in [5, 5.41) is 3.58. The van der Waals surface area contributed by atoms with Crippen molar-refractivity contribution >= 4 is 0 Å². The van der Waals surface area contributed by atoms with Gasteiger partial charge in [-0.25, -0.2) is 4.39 Å². The Hall–Kier alpha value is -0.890. The highest BCUT2D eigenvalue weighted by molar-refractivity contribution is 5.18. The van der Waals surface area contributed by atoms with Crippen molar-refractivity contribution in [2.45, 2.75) is 64.8 Å². The Morgan fingerprint density at radius 1 is 1.10 bits per heavy atom. The van der Waals surface area contributed by atoms with Crippen molar-refractivity contribution in [1.82, 2.24) is 5.32 Å². The van der Waals surface area contributed by atoms with Gasteiger partial charge in [0.2, 0.25) is 0 Å². The molecule has 1 aromatic rings. The van der Waals surface area contributed by atoms with Gasteiger partial charge in [0, 0.05) is 6.04 Å². The van der Waals surface area contributed by atoms with Crippen LogP contribution < -0.4 is 5.32 Å². The molecule has 0 aromatic heterocycles. The van der Waals surface area contributed by atoms with Crippen LogP contribution in [0.2, 0.25) is 0 Å². The second-order valence-electron chi connectivity index (χ2n) is 6.87. The Bertz CT molecular complexity index is 408. The van der Waals surface area contributed by atoms with Crippen LogP contribution in [0.3, 0.4) is 0 Å². The molecule has 0 saturated heterocycles. The van der Waals surface area contributed by atoms with Crippen LogP contribution in [-0.4, -0.2) is 12.6 Å². The Morgan fingerprint density at radius 2 is 1.76 bits per heavy atom. The molecular formula is C19H30FN. The average molecular weight is 291 g/mol. The van der Waals surface area contributed by atoms with Crippen LogP contribution in [0, 0.1) is 17.7 Å². The summed E-state index contributed by atoms with van der Waals surface area (Å²) in [7, 11) is 0. The Morgan fingerprint density at radius 3 is 2.38 bits per heavy atom. The molecule has 1 nitrogen and oxygen atoms in total. The van der Waals surface area contributed by atoms with Gasteiger partial charge in [-0.1, -0.05) is 70.6 Å². The minimum atomic E-state index is -0.0410. The van der Waals surface area contributed by atoms with Gasteiger partial charge >= 0.3 is 0 Å². The maximum Gasteiger partial charge on any atom is 0.126 e. The predicted octanol–water partition coefficient (Wildman–Crippen LogP) is 4.95. The molecule has 0 radical (unpaired) electrons. The van der Waals surface area contributed by atoms with Gasteiger partial charge in [-0.05, 0) is 36.4 Å². The van der Waals surface area contributed by atoms with Crippen LogP contribution in [-0.2, 0) is 6.42 Å². The molecule has 1 unspecified atom stereocenters. The Balaban J connectivity index is 2.05. The van der Waals surface area contributed by atoms with Crippen molar-refractivity contribution in [2.75, 3.05) is 6.54 Å². The fourth-order valence-corrected chi connectivity index (χ4v) is 3.52. The van der Waals surface area contributed by atoms with Gasteiger partial charge in [0.05, 0.1) is 0 Å². The topological polar surface area (TPSA) is 12.0 Å². The molecule has 1 atom stereocenters. The van der Waals surface area contributed by atoms with Crippen LogP contribution >= 0.6 is 0 Å². The molecule has 1 N–H and O–H groups in total.